The maximum Gasteiger partial charge on any atom is 0.433 e. The average molecular weight is 420 g/mol. The highest BCUT2D eigenvalue weighted by atomic mass is 19.4. The van der Waals surface area contributed by atoms with Crippen molar-refractivity contribution in [2.45, 2.75) is 32.0 Å². The van der Waals surface area contributed by atoms with E-state index in [0.29, 0.717) is 24.5 Å². The predicted octanol–water partition coefficient (Wildman–Crippen LogP) is 4.06. The summed E-state index contributed by atoms with van der Waals surface area (Å²) in [4.78, 5) is 6.47. The van der Waals surface area contributed by atoms with Gasteiger partial charge in [-0.3, -0.25) is 4.90 Å². The van der Waals surface area contributed by atoms with Crippen molar-refractivity contribution in [1.29, 1.82) is 0 Å². The van der Waals surface area contributed by atoms with E-state index in [9.17, 15) is 13.2 Å². The number of alkyl halides is 3. The third kappa shape index (κ3) is 3.94. The van der Waals surface area contributed by atoms with Crippen molar-refractivity contribution < 1.29 is 22.6 Å². The van der Waals surface area contributed by atoms with Gasteiger partial charge in [0.1, 0.15) is 17.2 Å². The van der Waals surface area contributed by atoms with Crippen LogP contribution in [0.4, 0.5) is 13.2 Å². The molecular weight excluding hydrogens is 397 g/mol. The van der Waals surface area contributed by atoms with Gasteiger partial charge in [0.25, 0.3) is 0 Å². The third-order valence-electron chi connectivity index (χ3n) is 5.44. The van der Waals surface area contributed by atoms with Gasteiger partial charge < -0.3 is 9.47 Å². The lowest BCUT2D eigenvalue weighted by Gasteiger charge is -2.18. The molecule has 9 heteroatoms. The first-order valence-corrected chi connectivity index (χ1v) is 9.66. The van der Waals surface area contributed by atoms with Gasteiger partial charge in [-0.05, 0) is 44.2 Å². The summed E-state index contributed by atoms with van der Waals surface area (Å²) in [6.45, 7) is 3.73. The SMILES string of the molecule is COc1ccc(OC)c(CN2CCC(c3cc4nc(C)cc(C(F)(F)F)n4n3)C2)c1. The van der Waals surface area contributed by atoms with Crippen molar-refractivity contribution in [1.82, 2.24) is 19.5 Å². The Morgan fingerprint density at radius 1 is 1.13 bits per heavy atom. The van der Waals surface area contributed by atoms with Gasteiger partial charge in [0.05, 0.1) is 19.9 Å². The first-order chi connectivity index (χ1) is 14.3. The monoisotopic (exact) mass is 420 g/mol. The minimum atomic E-state index is -4.49. The molecule has 0 radical (unpaired) electrons. The average Bonchev–Trinajstić information content (AvgIpc) is 3.33. The summed E-state index contributed by atoms with van der Waals surface area (Å²) in [5.74, 6) is 1.58. The number of methoxy groups -OCH3 is 2. The number of likely N-dealkylation sites (tertiary alicyclic amines) is 1. The summed E-state index contributed by atoms with van der Waals surface area (Å²) in [5.41, 5.74) is 1.39. The van der Waals surface area contributed by atoms with Crippen LogP contribution in [-0.4, -0.2) is 46.8 Å². The van der Waals surface area contributed by atoms with Crippen molar-refractivity contribution in [2.75, 3.05) is 27.3 Å². The van der Waals surface area contributed by atoms with Crippen LogP contribution in [-0.2, 0) is 12.7 Å². The molecule has 1 aliphatic rings. The van der Waals surface area contributed by atoms with E-state index in [1.54, 1.807) is 27.2 Å². The fourth-order valence-corrected chi connectivity index (χ4v) is 3.98. The van der Waals surface area contributed by atoms with Crippen LogP contribution >= 0.6 is 0 Å². The summed E-state index contributed by atoms with van der Waals surface area (Å²) in [5, 5.41) is 4.27. The van der Waals surface area contributed by atoms with Crippen LogP contribution in [0.1, 0.15) is 35.0 Å². The molecule has 0 spiro atoms. The number of rotatable bonds is 5. The lowest BCUT2D eigenvalue weighted by molar-refractivity contribution is -0.142. The first kappa shape index (κ1) is 20.5. The second-order valence-electron chi connectivity index (χ2n) is 7.52. The summed E-state index contributed by atoms with van der Waals surface area (Å²) < 4.78 is 51.9. The zero-order valence-corrected chi connectivity index (χ0v) is 17.0. The number of halogens is 3. The standard InChI is InChI=1S/C21H23F3N4O2/c1-13-8-19(21(22,23)24)28-20(25-13)10-17(26-28)14-6-7-27(11-14)12-15-9-16(29-2)4-5-18(15)30-3/h4-5,8-10,14H,6-7,11-12H2,1-3H3. The van der Waals surface area contributed by atoms with Crippen molar-refractivity contribution >= 4 is 5.65 Å². The van der Waals surface area contributed by atoms with Crippen LogP contribution in [0, 0.1) is 6.92 Å². The van der Waals surface area contributed by atoms with Gasteiger partial charge in [-0.25, -0.2) is 9.50 Å². The lowest BCUT2D eigenvalue weighted by Crippen LogP contribution is -2.20. The lowest BCUT2D eigenvalue weighted by atomic mass is 10.1. The second-order valence-corrected chi connectivity index (χ2v) is 7.52. The van der Waals surface area contributed by atoms with Crippen LogP contribution < -0.4 is 9.47 Å². The molecule has 2 aromatic heterocycles. The van der Waals surface area contributed by atoms with E-state index in [1.165, 1.54) is 0 Å². The molecule has 160 valence electrons. The number of hydrogen-bond acceptors (Lipinski definition) is 5. The fourth-order valence-electron chi connectivity index (χ4n) is 3.98. The Morgan fingerprint density at radius 2 is 1.93 bits per heavy atom. The van der Waals surface area contributed by atoms with Crippen molar-refractivity contribution in [3.63, 3.8) is 0 Å². The Bertz CT molecular complexity index is 1060. The van der Waals surface area contributed by atoms with Gasteiger partial charge in [0, 0.05) is 36.3 Å². The van der Waals surface area contributed by atoms with E-state index >= 15 is 0 Å². The van der Waals surface area contributed by atoms with Crippen LogP contribution in [0.3, 0.4) is 0 Å². The number of nitrogens with zero attached hydrogens (tertiary/aromatic N) is 4. The Hall–Kier alpha value is -2.81. The molecule has 0 saturated carbocycles. The molecule has 0 amide bonds. The second kappa shape index (κ2) is 7.79. The van der Waals surface area contributed by atoms with Crippen LogP contribution in [0.5, 0.6) is 11.5 Å². The highest BCUT2D eigenvalue weighted by molar-refractivity contribution is 5.44. The fraction of sp³-hybridized carbons (Fsp3) is 0.429. The number of fused-ring (bicyclic) bond motifs is 1. The Labute approximate surface area is 172 Å². The highest BCUT2D eigenvalue weighted by Gasteiger charge is 2.35. The molecule has 1 atom stereocenters. The molecule has 3 heterocycles. The molecule has 3 aromatic rings. The molecule has 1 saturated heterocycles. The number of benzene rings is 1. The van der Waals surface area contributed by atoms with E-state index in [-0.39, 0.29) is 11.6 Å². The molecule has 1 aliphatic heterocycles. The number of aryl methyl sites for hydroxylation is 1. The van der Waals surface area contributed by atoms with Crippen molar-refractivity contribution in [3.8, 4) is 11.5 Å². The number of hydrogen-bond donors (Lipinski definition) is 0. The van der Waals surface area contributed by atoms with E-state index in [0.717, 1.165) is 40.6 Å². The topological polar surface area (TPSA) is 51.9 Å². The van der Waals surface area contributed by atoms with Gasteiger partial charge in [-0.1, -0.05) is 0 Å². The summed E-state index contributed by atoms with van der Waals surface area (Å²) in [7, 11) is 3.24. The van der Waals surface area contributed by atoms with Gasteiger partial charge in [-0.2, -0.15) is 18.3 Å². The van der Waals surface area contributed by atoms with E-state index in [1.807, 2.05) is 18.2 Å². The normalized spacial score (nSPS) is 17.6. The maximum absolute atomic E-state index is 13.4. The van der Waals surface area contributed by atoms with Crippen LogP contribution in [0.2, 0.25) is 0 Å². The number of ether oxygens (including phenoxy) is 2. The number of aromatic nitrogens is 3. The summed E-state index contributed by atoms with van der Waals surface area (Å²) in [6.07, 6.45) is -3.67. The minimum Gasteiger partial charge on any atom is -0.497 e. The molecule has 1 unspecified atom stereocenters. The smallest absolute Gasteiger partial charge is 0.433 e. The van der Waals surface area contributed by atoms with Gasteiger partial charge in [-0.15, -0.1) is 0 Å². The van der Waals surface area contributed by atoms with Crippen molar-refractivity contribution in [3.05, 3.63) is 53.0 Å². The Kier molecular flexibility index (Phi) is 5.31. The molecule has 6 nitrogen and oxygen atoms in total. The van der Waals surface area contributed by atoms with Crippen LogP contribution in [0.25, 0.3) is 5.65 Å². The first-order valence-electron chi connectivity index (χ1n) is 9.66. The zero-order valence-electron chi connectivity index (χ0n) is 17.0. The molecule has 0 bridgehead atoms. The minimum absolute atomic E-state index is 0.0460. The highest BCUT2D eigenvalue weighted by Crippen LogP contribution is 2.33. The molecular formula is C21H23F3N4O2. The molecule has 4 rings (SSSR count). The van der Waals surface area contributed by atoms with Crippen molar-refractivity contribution in [2.24, 2.45) is 0 Å². The van der Waals surface area contributed by atoms with Crippen LogP contribution in [0.15, 0.2) is 30.3 Å². The Balaban J connectivity index is 1.56. The summed E-state index contributed by atoms with van der Waals surface area (Å²) >= 11 is 0. The van der Waals surface area contributed by atoms with Gasteiger partial charge in [0.15, 0.2) is 5.65 Å². The zero-order chi connectivity index (χ0) is 21.5. The molecule has 0 aliphatic carbocycles. The Morgan fingerprint density at radius 3 is 2.63 bits per heavy atom. The summed E-state index contributed by atoms with van der Waals surface area (Å²) in [6, 6.07) is 8.36. The molecule has 1 fully saturated rings. The van der Waals surface area contributed by atoms with E-state index in [4.69, 9.17) is 9.47 Å². The predicted molar refractivity (Wildman–Crippen MR) is 105 cm³/mol. The maximum atomic E-state index is 13.4. The molecule has 30 heavy (non-hydrogen) atoms. The largest absolute Gasteiger partial charge is 0.497 e. The van der Waals surface area contributed by atoms with Gasteiger partial charge >= 0.3 is 6.18 Å². The van der Waals surface area contributed by atoms with E-state index in [2.05, 4.69) is 15.0 Å². The third-order valence-corrected chi connectivity index (χ3v) is 5.44. The molecule has 1 aromatic carbocycles. The van der Waals surface area contributed by atoms with Gasteiger partial charge in [0.2, 0.25) is 0 Å². The quantitative estimate of drug-likeness (QED) is 0.623. The molecule has 0 N–H and O–H groups in total. The van der Waals surface area contributed by atoms with E-state index < -0.39 is 11.9 Å².